The number of carbonyl (C=O) groups excluding carboxylic acids is 2. The standard InChI is InChI=1S/C18H24N4O2S3/c1-3-22(4-2)16(24)13-26-18-21-20-17(27-18)25-12-15(23)19-11-10-14-8-6-5-7-9-14/h5-9H,3-4,10-13H2,1-2H3,(H,19,23). The van der Waals surface area contributed by atoms with Gasteiger partial charge in [0.15, 0.2) is 8.68 Å². The Hall–Kier alpha value is -1.58. The van der Waals surface area contributed by atoms with E-state index in [-0.39, 0.29) is 11.8 Å². The van der Waals surface area contributed by atoms with Gasteiger partial charge in [0.2, 0.25) is 11.8 Å². The molecule has 1 aromatic carbocycles. The molecule has 1 N–H and O–H groups in total. The number of hydrogen-bond acceptors (Lipinski definition) is 7. The summed E-state index contributed by atoms with van der Waals surface area (Å²) in [5.74, 6) is 0.761. The van der Waals surface area contributed by atoms with Crippen molar-refractivity contribution in [2.24, 2.45) is 0 Å². The fraction of sp³-hybridized carbons (Fsp3) is 0.444. The van der Waals surface area contributed by atoms with E-state index < -0.39 is 0 Å². The van der Waals surface area contributed by atoms with Crippen LogP contribution in [-0.2, 0) is 16.0 Å². The maximum atomic E-state index is 12.0. The van der Waals surface area contributed by atoms with Gasteiger partial charge >= 0.3 is 0 Å². The molecular formula is C18H24N4O2S3. The average Bonchev–Trinajstić information content (AvgIpc) is 3.14. The van der Waals surface area contributed by atoms with Gasteiger partial charge in [-0.05, 0) is 25.8 Å². The molecule has 0 saturated heterocycles. The fourth-order valence-electron chi connectivity index (χ4n) is 2.27. The van der Waals surface area contributed by atoms with Crippen molar-refractivity contribution < 1.29 is 9.59 Å². The molecule has 2 aromatic rings. The molecule has 0 saturated carbocycles. The summed E-state index contributed by atoms with van der Waals surface area (Å²) in [6.07, 6.45) is 0.817. The van der Waals surface area contributed by atoms with E-state index >= 15 is 0 Å². The Morgan fingerprint density at radius 3 is 2.30 bits per heavy atom. The van der Waals surface area contributed by atoms with Gasteiger partial charge in [-0.2, -0.15) is 0 Å². The first-order valence-electron chi connectivity index (χ1n) is 8.79. The third-order valence-corrected chi connectivity index (χ3v) is 6.90. The second-order valence-electron chi connectivity index (χ2n) is 5.56. The molecular weight excluding hydrogens is 400 g/mol. The minimum absolute atomic E-state index is 0.0166. The van der Waals surface area contributed by atoms with Crippen molar-refractivity contribution in [3.8, 4) is 0 Å². The van der Waals surface area contributed by atoms with E-state index in [9.17, 15) is 9.59 Å². The number of thioether (sulfide) groups is 2. The van der Waals surface area contributed by atoms with Crippen LogP contribution in [0, 0.1) is 0 Å². The molecule has 2 amide bonds. The number of benzene rings is 1. The number of amides is 2. The first-order chi connectivity index (χ1) is 13.1. The Morgan fingerprint density at radius 2 is 1.67 bits per heavy atom. The summed E-state index contributed by atoms with van der Waals surface area (Å²) >= 11 is 4.18. The number of nitrogens with one attached hydrogen (secondary N) is 1. The van der Waals surface area contributed by atoms with E-state index in [1.54, 1.807) is 4.90 Å². The highest BCUT2D eigenvalue weighted by Crippen LogP contribution is 2.28. The Kier molecular flexibility index (Phi) is 9.65. The lowest BCUT2D eigenvalue weighted by atomic mass is 10.1. The largest absolute Gasteiger partial charge is 0.355 e. The Balaban J connectivity index is 1.66. The van der Waals surface area contributed by atoms with E-state index in [4.69, 9.17) is 0 Å². The van der Waals surface area contributed by atoms with Gasteiger partial charge in [0.05, 0.1) is 11.5 Å². The summed E-state index contributed by atoms with van der Waals surface area (Å²) in [5.41, 5.74) is 1.20. The maximum absolute atomic E-state index is 12.0. The van der Waals surface area contributed by atoms with Crippen molar-refractivity contribution in [2.45, 2.75) is 28.9 Å². The number of aromatic nitrogens is 2. The second-order valence-corrected chi connectivity index (χ2v) is 8.99. The van der Waals surface area contributed by atoms with Gasteiger partial charge in [-0.15, -0.1) is 10.2 Å². The van der Waals surface area contributed by atoms with Crippen LogP contribution in [0.4, 0.5) is 0 Å². The van der Waals surface area contributed by atoms with Gasteiger partial charge in [0.25, 0.3) is 0 Å². The molecule has 0 bridgehead atoms. The highest BCUT2D eigenvalue weighted by Gasteiger charge is 2.13. The first-order valence-corrected chi connectivity index (χ1v) is 11.6. The minimum atomic E-state index is -0.0166. The summed E-state index contributed by atoms with van der Waals surface area (Å²) in [5, 5.41) is 11.1. The second kappa shape index (κ2) is 12.0. The number of nitrogens with zero attached hydrogens (tertiary/aromatic N) is 3. The zero-order valence-corrected chi connectivity index (χ0v) is 18.0. The zero-order chi connectivity index (χ0) is 19.5. The van der Waals surface area contributed by atoms with Crippen molar-refractivity contribution in [1.82, 2.24) is 20.4 Å². The van der Waals surface area contributed by atoms with E-state index in [1.807, 2.05) is 44.2 Å². The van der Waals surface area contributed by atoms with Gasteiger partial charge in [-0.3, -0.25) is 9.59 Å². The van der Waals surface area contributed by atoms with E-state index in [2.05, 4.69) is 15.5 Å². The molecule has 1 heterocycles. The predicted molar refractivity (Wildman–Crippen MR) is 112 cm³/mol. The van der Waals surface area contributed by atoms with Crippen LogP contribution >= 0.6 is 34.9 Å². The number of rotatable bonds is 11. The monoisotopic (exact) mass is 424 g/mol. The van der Waals surface area contributed by atoms with Crippen LogP contribution < -0.4 is 5.32 Å². The van der Waals surface area contributed by atoms with E-state index in [1.165, 1.54) is 40.4 Å². The molecule has 2 rings (SSSR count). The van der Waals surface area contributed by atoms with Gasteiger partial charge in [0, 0.05) is 19.6 Å². The summed E-state index contributed by atoms with van der Waals surface area (Å²) in [7, 11) is 0. The average molecular weight is 425 g/mol. The van der Waals surface area contributed by atoms with E-state index in [0.717, 1.165) is 15.1 Å². The number of carbonyl (C=O) groups is 2. The molecule has 0 aliphatic heterocycles. The topological polar surface area (TPSA) is 75.2 Å². The molecule has 0 atom stereocenters. The van der Waals surface area contributed by atoms with Crippen LogP contribution in [0.25, 0.3) is 0 Å². The van der Waals surface area contributed by atoms with Crippen LogP contribution in [-0.4, -0.2) is 58.1 Å². The molecule has 6 nitrogen and oxygen atoms in total. The van der Waals surface area contributed by atoms with Crippen LogP contribution in [0.3, 0.4) is 0 Å². The van der Waals surface area contributed by atoms with Crippen LogP contribution in [0.1, 0.15) is 19.4 Å². The zero-order valence-electron chi connectivity index (χ0n) is 15.5. The van der Waals surface area contributed by atoms with Crippen LogP contribution in [0.15, 0.2) is 39.0 Å². The predicted octanol–water partition coefficient (Wildman–Crippen LogP) is 2.95. The highest BCUT2D eigenvalue weighted by atomic mass is 32.2. The van der Waals surface area contributed by atoms with Crippen LogP contribution in [0.5, 0.6) is 0 Å². The van der Waals surface area contributed by atoms with Crippen molar-refractivity contribution in [3.63, 3.8) is 0 Å². The van der Waals surface area contributed by atoms with Gasteiger partial charge in [0.1, 0.15) is 0 Å². The third kappa shape index (κ3) is 7.90. The summed E-state index contributed by atoms with van der Waals surface area (Å²) in [6, 6.07) is 10.1. The third-order valence-electron chi connectivity index (χ3n) is 3.73. The molecule has 0 unspecified atom stereocenters. The van der Waals surface area contributed by atoms with Gasteiger partial charge < -0.3 is 10.2 Å². The minimum Gasteiger partial charge on any atom is -0.355 e. The van der Waals surface area contributed by atoms with Gasteiger partial charge in [-0.25, -0.2) is 0 Å². The van der Waals surface area contributed by atoms with Crippen molar-refractivity contribution in [3.05, 3.63) is 35.9 Å². The van der Waals surface area contributed by atoms with Crippen molar-refractivity contribution >= 4 is 46.7 Å². The molecule has 0 radical (unpaired) electrons. The lowest BCUT2D eigenvalue weighted by molar-refractivity contribution is -0.128. The smallest absolute Gasteiger partial charge is 0.233 e. The Morgan fingerprint density at radius 1 is 1.04 bits per heavy atom. The molecule has 0 aliphatic carbocycles. The van der Waals surface area contributed by atoms with Crippen molar-refractivity contribution in [2.75, 3.05) is 31.1 Å². The number of hydrogen-bond donors (Lipinski definition) is 1. The SMILES string of the molecule is CCN(CC)C(=O)CSc1nnc(SCC(=O)NCCc2ccccc2)s1. The first kappa shape index (κ1) is 21.7. The Bertz CT molecular complexity index is 720. The van der Waals surface area contributed by atoms with Crippen molar-refractivity contribution in [1.29, 1.82) is 0 Å². The lowest BCUT2D eigenvalue weighted by Crippen LogP contribution is -2.31. The molecule has 9 heteroatoms. The van der Waals surface area contributed by atoms with E-state index in [0.29, 0.717) is 31.1 Å². The molecule has 27 heavy (non-hydrogen) atoms. The molecule has 1 aromatic heterocycles. The maximum Gasteiger partial charge on any atom is 0.233 e. The summed E-state index contributed by atoms with van der Waals surface area (Å²) in [4.78, 5) is 25.7. The summed E-state index contributed by atoms with van der Waals surface area (Å²) in [6.45, 7) is 5.99. The normalized spacial score (nSPS) is 10.6. The van der Waals surface area contributed by atoms with Gasteiger partial charge in [-0.1, -0.05) is 65.2 Å². The quantitative estimate of drug-likeness (QED) is 0.559. The molecule has 0 spiro atoms. The molecule has 0 aliphatic rings. The summed E-state index contributed by atoms with van der Waals surface area (Å²) < 4.78 is 1.49. The molecule has 146 valence electrons. The lowest BCUT2D eigenvalue weighted by Gasteiger charge is -2.17. The molecule has 0 fully saturated rings. The highest BCUT2D eigenvalue weighted by molar-refractivity contribution is 8.03. The fourth-order valence-corrected chi connectivity index (χ4v) is 5.03. The Labute approximate surface area is 172 Å². The van der Waals surface area contributed by atoms with Crippen LogP contribution in [0.2, 0.25) is 0 Å².